The number of alkyl halides is 1. The van der Waals surface area contributed by atoms with Crippen molar-refractivity contribution >= 4 is 15.9 Å². The van der Waals surface area contributed by atoms with Gasteiger partial charge in [-0.25, -0.2) is 0 Å². The molecule has 1 aliphatic rings. The summed E-state index contributed by atoms with van der Waals surface area (Å²) in [7, 11) is 0. The van der Waals surface area contributed by atoms with Crippen molar-refractivity contribution in [3.8, 4) is 0 Å². The summed E-state index contributed by atoms with van der Waals surface area (Å²) in [4.78, 5) is 0. The average molecular weight is 255 g/mol. The molecule has 0 aliphatic heterocycles. The fraction of sp³-hybridized carbons (Fsp3) is 0.500. The van der Waals surface area contributed by atoms with E-state index in [1.807, 2.05) is 6.07 Å². The highest BCUT2D eigenvalue weighted by atomic mass is 79.9. The van der Waals surface area contributed by atoms with Gasteiger partial charge in [-0.2, -0.15) is 0 Å². The van der Waals surface area contributed by atoms with Crippen LogP contribution < -0.4 is 0 Å². The Morgan fingerprint density at radius 1 is 1.21 bits per heavy atom. The molecule has 0 bridgehead atoms. The second kappa shape index (κ2) is 4.94. The Balaban J connectivity index is 1.69. The summed E-state index contributed by atoms with van der Waals surface area (Å²) in [6, 6.07) is 10.4. The minimum atomic E-state index is 0.498. The fourth-order valence-corrected chi connectivity index (χ4v) is 2.25. The van der Waals surface area contributed by atoms with Crippen molar-refractivity contribution < 1.29 is 4.74 Å². The number of rotatable bonds is 4. The minimum absolute atomic E-state index is 0.498. The van der Waals surface area contributed by atoms with E-state index in [1.54, 1.807) is 0 Å². The van der Waals surface area contributed by atoms with Gasteiger partial charge in [-0.05, 0) is 24.3 Å². The number of ether oxygens (including phenoxy) is 1. The predicted molar refractivity (Wildman–Crippen MR) is 61.5 cm³/mol. The van der Waals surface area contributed by atoms with Gasteiger partial charge in [0.1, 0.15) is 0 Å². The molecular weight excluding hydrogens is 240 g/mol. The maximum absolute atomic E-state index is 5.78. The zero-order chi connectivity index (χ0) is 9.80. The third-order valence-electron chi connectivity index (χ3n) is 2.74. The maximum Gasteiger partial charge on any atom is 0.0720 e. The van der Waals surface area contributed by atoms with Gasteiger partial charge in [0.2, 0.25) is 0 Å². The molecule has 1 aromatic rings. The Labute approximate surface area is 93.6 Å². The van der Waals surface area contributed by atoms with Crippen molar-refractivity contribution in [3.63, 3.8) is 0 Å². The first-order chi connectivity index (χ1) is 6.88. The topological polar surface area (TPSA) is 9.23 Å². The molecule has 0 radical (unpaired) electrons. The third kappa shape index (κ3) is 2.58. The lowest BCUT2D eigenvalue weighted by Gasteiger charge is -2.33. The third-order valence-corrected chi connectivity index (χ3v) is 3.65. The van der Waals surface area contributed by atoms with Crippen LogP contribution in [0.15, 0.2) is 30.3 Å². The molecule has 2 heteroatoms. The molecule has 0 aromatic heterocycles. The van der Waals surface area contributed by atoms with Crippen LogP contribution in [0.5, 0.6) is 0 Å². The molecule has 1 aromatic carbocycles. The summed E-state index contributed by atoms with van der Waals surface area (Å²) in [5.41, 5.74) is 1.27. The first-order valence-corrected chi connectivity index (χ1v) is 6.22. The van der Waals surface area contributed by atoms with Crippen LogP contribution in [0.2, 0.25) is 0 Å². The van der Waals surface area contributed by atoms with Crippen LogP contribution in [0.4, 0.5) is 0 Å². The minimum Gasteiger partial charge on any atom is -0.374 e. The van der Waals surface area contributed by atoms with Gasteiger partial charge >= 0.3 is 0 Å². The first-order valence-electron chi connectivity index (χ1n) is 5.10. The van der Waals surface area contributed by atoms with E-state index in [0.29, 0.717) is 6.10 Å². The summed E-state index contributed by atoms with van der Waals surface area (Å²) >= 11 is 3.49. The average Bonchev–Trinajstić information content (AvgIpc) is 2.17. The summed E-state index contributed by atoms with van der Waals surface area (Å²) < 4.78 is 5.78. The van der Waals surface area contributed by atoms with E-state index in [9.17, 15) is 0 Å². The molecule has 1 fully saturated rings. The molecule has 1 nitrogen and oxygen atoms in total. The van der Waals surface area contributed by atoms with Crippen molar-refractivity contribution in [3.05, 3.63) is 35.9 Å². The molecule has 0 heterocycles. The molecule has 0 amide bonds. The molecule has 0 unspecified atom stereocenters. The summed E-state index contributed by atoms with van der Waals surface area (Å²) in [5.74, 6) is 0.843. The normalized spacial score (nSPS) is 25.8. The summed E-state index contributed by atoms with van der Waals surface area (Å²) in [6.07, 6.45) is 2.94. The lowest BCUT2D eigenvalue weighted by atomic mass is 9.84. The van der Waals surface area contributed by atoms with Crippen molar-refractivity contribution in [1.82, 2.24) is 0 Å². The lowest BCUT2D eigenvalue weighted by molar-refractivity contribution is -0.0337. The molecule has 1 saturated carbocycles. The van der Waals surface area contributed by atoms with E-state index in [0.717, 1.165) is 17.9 Å². The van der Waals surface area contributed by atoms with E-state index in [2.05, 4.69) is 40.2 Å². The van der Waals surface area contributed by atoms with E-state index in [1.165, 1.54) is 18.4 Å². The Kier molecular flexibility index (Phi) is 3.60. The number of halogens is 1. The van der Waals surface area contributed by atoms with Crippen LogP contribution in [0.3, 0.4) is 0 Å². The zero-order valence-electron chi connectivity index (χ0n) is 8.16. The van der Waals surface area contributed by atoms with Crippen LogP contribution in [-0.4, -0.2) is 11.4 Å². The van der Waals surface area contributed by atoms with Crippen LogP contribution in [0, 0.1) is 5.92 Å². The highest BCUT2D eigenvalue weighted by molar-refractivity contribution is 9.09. The van der Waals surface area contributed by atoms with Crippen molar-refractivity contribution in [2.45, 2.75) is 25.6 Å². The molecule has 1 aliphatic carbocycles. The van der Waals surface area contributed by atoms with Crippen LogP contribution in [0.25, 0.3) is 0 Å². The molecule has 0 saturated heterocycles. The SMILES string of the molecule is BrCC1CC(OCc2ccccc2)C1. The smallest absolute Gasteiger partial charge is 0.0720 e. The van der Waals surface area contributed by atoms with E-state index >= 15 is 0 Å². The molecule has 14 heavy (non-hydrogen) atoms. The van der Waals surface area contributed by atoms with Gasteiger partial charge in [0.15, 0.2) is 0 Å². The number of hydrogen-bond donors (Lipinski definition) is 0. The van der Waals surface area contributed by atoms with E-state index < -0.39 is 0 Å². The fourth-order valence-electron chi connectivity index (χ4n) is 1.72. The van der Waals surface area contributed by atoms with Gasteiger partial charge in [0.25, 0.3) is 0 Å². The Bertz CT molecular complexity index is 267. The van der Waals surface area contributed by atoms with Gasteiger partial charge in [0.05, 0.1) is 12.7 Å². The highest BCUT2D eigenvalue weighted by Crippen LogP contribution is 2.31. The highest BCUT2D eigenvalue weighted by Gasteiger charge is 2.28. The predicted octanol–water partition coefficient (Wildman–Crippen LogP) is 3.38. The van der Waals surface area contributed by atoms with Crippen LogP contribution >= 0.6 is 15.9 Å². The van der Waals surface area contributed by atoms with Crippen molar-refractivity contribution in [2.75, 3.05) is 5.33 Å². The van der Waals surface area contributed by atoms with E-state index in [4.69, 9.17) is 4.74 Å². The molecule has 76 valence electrons. The molecule has 0 N–H and O–H groups in total. The quantitative estimate of drug-likeness (QED) is 0.749. The van der Waals surface area contributed by atoms with Gasteiger partial charge in [-0.1, -0.05) is 46.3 Å². The lowest BCUT2D eigenvalue weighted by Crippen LogP contribution is -2.31. The van der Waals surface area contributed by atoms with Gasteiger partial charge < -0.3 is 4.74 Å². The maximum atomic E-state index is 5.78. The largest absolute Gasteiger partial charge is 0.374 e. The monoisotopic (exact) mass is 254 g/mol. The van der Waals surface area contributed by atoms with Crippen molar-refractivity contribution in [1.29, 1.82) is 0 Å². The van der Waals surface area contributed by atoms with Gasteiger partial charge in [0, 0.05) is 5.33 Å². The summed E-state index contributed by atoms with van der Waals surface area (Å²) in [5, 5.41) is 1.12. The standard InChI is InChI=1S/C12H15BrO/c13-8-11-6-12(7-11)14-9-10-4-2-1-3-5-10/h1-5,11-12H,6-9H2. The van der Waals surface area contributed by atoms with Gasteiger partial charge in [-0.3, -0.25) is 0 Å². The molecular formula is C12H15BrO. The second-order valence-electron chi connectivity index (χ2n) is 3.91. The Morgan fingerprint density at radius 2 is 1.93 bits per heavy atom. The van der Waals surface area contributed by atoms with Crippen molar-refractivity contribution in [2.24, 2.45) is 5.92 Å². The Morgan fingerprint density at radius 3 is 2.57 bits per heavy atom. The second-order valence-corrected chi connectivity index (χ2v) is 4.56. The molecule has 0 atom stereocenters. The number of hydrogen-bond acceptors (Lipinski definition) is 1. The molecule has 0 spiro atoms. The van der Waals surface area contributed by atoms with Crippen LogP contribution in [0.1, 0.15) is 18.4 Å². The first kappa shape index (κ1) is 10.2. The van der Waals surface area contributed by atoms with Gasteiger partial charge in [-0.15, -0.1) is 0 Å². The zero-order valence-corrected chi connectivity index (χ0v) is 9.74. The number of benzene rings is 1. The van der Waals surface area contributed by atoms with E-state index in [-0.39, 0.29) is 0 Å². The van der Waals surface area contributed by atoms with Crippen LogP contribution in [-0.2, 0) is 11.3 Å². The summed E-state index contributed by atoms with van der Waals surface area (Å²) in [6.45, 7) is 0.764. The Hall–Kier alpha value is -0.340. The molecule has 2 rings (SSSR count).